The van der Waals surface area contributed by atoms with Crippen LogP contribution in [0.2, 0.25) is 0 Å². The van der Waals surface area contributed by atoms with E-state index in [2.05, 4.69) is 0 Å². The summed E-state index contributed by atoms with van der Waals surface area (Å²) < 4.78 is 4.92. The van der Waals surface area contributed by atoms with Crippen molar-refractivity contribution < 1.29 is 39.9 Å². The molecule has 0 amide bonds. The van der Waals surface area contributed by atoms with Crippen LogP contribution < -0.4 is 0 Å². The molecule has 0 aromatic rings. The number of Topliss-reactive ketones (excluding diaryl/α,β-unsaturated/α-hetero) is 1. The summed E-state index contributed by atoms with van der Waals surface area (Å²) in [6.45, 7) is 0. The lowest BCUT2D eigenvalue weighted by atomic mass is 9.94. The molecule has 1 aliphatic rings. The minimum Gasteiger partial charge on any atom is -0.481 e. The number of aliphatic hydroxyl groups excluding tert-OH is 4. The number of aliphatic carboxylic acids is 1. The summed E-state index contributed by atoms with van der Waals surface area (Å²) in [6.07, 6.45) is -6.69. The Labute approximate surface area is 115 Å². The van der Waals surface area contributed by atoms with E-state index in [1.807, 2.05) is 0 Å². The van der Waals surface area contributed by atoms with Gasteiger partial charge in [0.05, 0.1) is 6.10 Å². The van der Waals surface area contributed by atoms with Gasteiger partial charge in [-0.05, 0) is 12.8 Å². The summed E-state index contributed by atoms with van der Waals surface area (Å²) in [5.74, 6) is -1.15. The molecule has 1 heterocycles. The fourth-order valence-electron chi connectivity index (χ4n) is 2.03. The van der Waals surface area contributed by atoms with Crippen LogP contribution in [0.25, 0.3) is 0 Å². The lowest BCUT2D eigenvalue weighted by molar-refractivity contribution is -0.282. The van der Waals surface area contributed by atoms with Gasteiger partial charge >= 0.3 is 5.97 Å². The van der Waals surface area contributed by atoms with Crippen molar-refractivity contribution in [3.05, 3.63) is 0 Å². The van der Waals surface area contributed by atoms with Crippen molar-refractivity contribution in [3.63, 3.8) is 0 Å². The molecule has 1 fully saturated rings. The Kier molecular flexibility index (Phi) is 6.50. The minimum atomic E-state index is -1.61. The minimum absolute atomic E-state index is 0.0386. The number of carbonyl (C=O) groups excluding carboxylic acids is 1. The molecule has 20 heavy (non-hydrogen) atoms. The lowest BCUT2D eigenvalue weighted by Crippen LogP contribution is -2.57. The molecular formula is C12H20O8. The van der Waals surface area contributed by atoms with Crippen molar-refractivity contribution in [3.8, 4) is 0 Å². The molecule has 8 heteroatoms. The van der Waals surface area contributed by atoms with Gasteiger partial charge in [0.15, 0.2) is 6.29 Å². The number of ketones is 1. The third-order valence-electron chi connectivity index (χ3n) is 3.24. The second-order valence-corrected chi connectivity index (χ2v) is 4.86. The van der Waals surface area contributed by atoms with Gasteiger partial charge in [0.2, 0.25) is 0 Å². The molecule has 8 nitrogen and oxygen atoms in total. The van der Waals surface area contributed by atoms with E-state index in [4.69, 9.17) is 9.84 Å². The highest BCUT2D eigenvalue weighted by Gasteiger charge is 2.42. The van der Waals surface area contributed by atoms with Gasteiger partial charge in [-0.2, -0.15) is 0 Å². The average molecular weight is 292 g/mol. The predicted molar refractivity (Wildman–Crippen MR) is 64.6 cm³/mol. The van der Waals surface area contributed by atoms with Crippen LogP contribution in [-0.4, -0.2) is 68.0 Å². The number of hydrogen-bond acceptors (Lipinski definition) is 7. The largest absolute Gasteiger partial charge is 0.481 e. The van der Waals surface area contributed by atoms with E-state index in [9.17, 15) is 30.0 Å². The van der Waals surface area contributed by atoms with Gasteiger partial charge in [-0.25, -0.2) is 0 Å². The van der Waals surface area contributed by atoms with E-state index in [-0.39, 0.29) is 37.9 Å². The summed E-state index contributed by atoms with van der Waals surface area (Å²) in [4.78, 5) is 21.8. The van der Waals surface area contributed by atoms with Gasteiger partial charge in [0.25, 0.3) is 0 Å². The molecule has 116 valence electrons. The van der Waals surface area contributed by atoms with Crippen molar-refractivity contribution >= 4 is 11.8 Å². The molecule has 1 aliphatic heterocycles. The highest BCUT2D eigenvalue weighted by Crippen LogP contribution is 2.23. The van der Waals surface area contributed by atoms with E-state index >= 15 is 0 Å². The molecular weight excluding hydrogens is 272 g/mol. The van der Waals surface area contributed by atoms with Crippen LogP contribution in [0.5, 0.6) is 0 Å². The normalized spacial score (nSPS) is 33.9. The Bertz CT molecular complexity index is 344. The fraction of sp³-hybridized carbons (Fsp3) is 0.833. The number of ether oxygens (including phenoxy) is 1. The molecule has 0 aromatic carbocycles. The topological polar surface area (TPSA) is 145 Å². The number of carboxylic acids is 1. The Morgan fingerprint density at radius 2 is 1.55 bits per heavy atom. The van der Waals surface area contributed by atoms with Crippen LogP contribution in [-0.2, 0) is 14.3 Å². The summed E-state index contributed by atoms with van der Waals surface area (Å²) in [7, 11) is 0. The van der Waals surface area contributed by atoms with Crippen LogP contribution in [0.15, 0.2) is 0 Å². The van der Waals surface area contributed by atoms with Crippen molar-refractivity contribution in [1.82, 2.24) is 0 Å². The molecule has 0 aromatic heterocycles. The summed E-state index contributed by atoms with van der Waals surface area (Å²) >= 11 is 0. The molecule has 0 unspecified atom stereocenters. The zero-order chi connectivity index (χ0) is 15.3. The Morgan fingerprint density at radius 3 is 2.15 bits per heavy atom. The quantitative estimate of drug-likeness (QED) is 0.377. The van der Waals surface area contributed by atoms with Gasteiger partial charge in [0.1, 0.15) is 24.1 Å². The molecule has 0 radical (unpaired) electrons. The van der Waals surface area contributed by atoms with Crippen molar-refractivity contribution in [2.75, 3.05) is 0 Å². The SMILES string of the molecule is O=C(O)CCCC(=O)CC[C@@H]1O[C@H](O)[C@@H](O)[C@H](O)[C@@H]1O. The Morgan fingerprint density at radius 1 is 0.900 bits per heavy atom. The predicted octanol–water partition coefficient (Wildman–Crippen LogP) is -1.61. The molecule has 0 bridgehead atoms. The van der Waals surface area contributed by atoms with Crippen LogP contribution in [0, 0.1) is 0 Å². The standard InChI is InChI=1S/C12H20O8/c13-6(2-1-3-8(14)15)4-5-7-9(16)10(17)11(18)12(19)20-7/h7,9-12,16-19H,1-5H2,(H,14,15)/t7-,9+,10+,11-,12-/m0/s1. The van der Waals surface area contributed by atoms with Gasteiger partial charge in [0, 0.05) is 19.3 Å². The fourth-order valence-corrected chi connectivity index (χ4v) is 2.03. The second-order valence-electron chi connectivity index (χ2n) is 4.86. The first kappa shape index (κ1) is 17.0. The monoisotopic (exact) mass is 292 g/mol. The first-order valence-corrected chi connectivity index (χ1v) is 6.44. The maximum atomic E-state index is 11.5. The first-order valence-electron chi connectivity index (χ1n) is 6.44. The molecule has 0 aliphatic carbocycles. The zero-order valence-corrected chi connectivity index (χ0v) is 10.9. The lowest BCUT2D eigenvalue weighted by Gasteiger charge is -2.38. The van der Waals surface area contributed by atoms with E-state index in [1.165, 1.54) is 0 Å². The van der Waals surface area contributed by atoms with Crippen molar-refractivity contribution in [2.45, 2.75) is 62.8 Å². The van der Waals surface area contributed by atoms with Crippen LogP contribution >= 0.6 is 0 Å². The number of carbonyl (C=O) groups is 2. The second kappa shape index (κ2) is 7.65. The van der Waals surface area contributed by atoms with Gasteiger partial charge in [-0.1, -0.05) is 0 Å². The van der Waals surface area contributed by atoms with E-state index in [0.717, 1.165) is 0 Å². The van der Waals surface area contributed by atoms with E-state index in [1.54, 1.807) is 0 Å². The van der Waals surface area contributed by atoms with Crippen molar-refractivity contribution in [1.29, 1.82) is 0 Å². The van der Waals surface area contributed by atoms with Gasteiger partial charge in [-0.3, -0.25) is 9.59 Å². The first-order chi connectivity index (χ1) is 9.32. The maximum absolute atomic E-state index is 11.5. The molecule has 5 N–H and O–H groups in total. The van der Waals surface area contributed by atoms with E-state index < -0.39 is 36.7 Å². The highest BCUT2D eigenvalue weighted by atomic mass is 16.6. The van der Waals surface area contributed by atoms with E-state index in [0.29, 0.717) is 0 Å². The number of rotatable bonds is 7. The van der Waals surface area contributed by atoms with Gasteiger partial charge in [-0.15, -0.1) is 0 Å². The summed E-state index contributed by atoms with van der Waals surface area (Å²) in [6, 6.07) is 0. The van der Waals surface area contributed by atoms with Crippen molar-refractivity contribution in [2.24, 2.45) is 0 Å². The third kappa shape index (κ3) is 4.80. The van der Waals surface area contributed by atoms with Gasteiger partial charge < -0.3 is 30.3 Å². The molecule has 0 spiro atoms. The summed E-state index contributed by atoms with van der Waals surface area (Å²) in [5, 5.41) is 46.1. The van der Waals surface area contributed by atoms with Crippen LogP contribution in [0.3, 0.4) is 0 Å². The van der Waals surface area contributed by atoms with Crippen LogP contribution in [0.4, 0.5) is 0 Å². The van der Waals surface area contributed by atoms with Crippen LogP contribution in [0.1, 0.15) is 32.1 Å². The number of aliphatic hydroxyl groups is 4. The Balaban J connectivity index is 2.33. The molecule has 0 saturated carbocycles. The third-order valence-corrected chi connectivity index (χ3v) is 3.24. The number of carboxylic acid groups (broad SMARTS) is 1. The molecule has 1 saturated heterocycles. The molecule has 1 rings (SSSR count). The average Bonchev–Trinajstić information content (AvgIpc) is 2.38. The smallest absolute Gasteiger partial charge is 0.303 e. The maximum Gasteiger partial charge on any atom is 0.303 e. The Hall–Kier alpha value is -1.06. The molecule has 5 atom stereocenters. The highest BCUT2D eigenvalue weighted by molar-refractivity contribution is 5.79. The number of hydrogen-bond donors (Lipinski definition) is 5. The summed E-state index contributed by atoms with van der Waals surface area (Å²) in [5.41, 5.74) is 0. The zero-order valence-electron chi connectivity index (χ0n) is 10.9.